The molecule has 0 N–H and O–H groups in total. The second-order valence-corrected chi connectivity index (χ2v) is 6.15. The molecule has 2 aliphatic rings. The van der Waals surface area contributed by atoms with Gasteiger partial charge in [0.1, 0.15) is 6.61 Å². The summed E-state index contributed by atoms with van der Waals surface area (Å²) in [5.74, 6) is 0.666. The maximum atomic E-state index is 11.9. The van der Waals surface area contributed by atoms with Crippen LogP contribution in [0.25, 0.3) is 5.57 Å². The molecular weight excluding hydrogens is 272 g/mol. The molecule has 106 valence electrons. The number of hydrogen-bond acceptors (Lipinski definition) is 4. The van der Waals surface area contributed by atoms with E-state index in [1.54, 1.807) is 11.8 Å². The third-order valence-corrected chi connectivity index (χ3v) is 4.58. The molecule has 3 rings (SSSR count). The van der Waals surface area contributed by atoms with Crippen molar-refractivity contribution < 1.29 is 14.3 Å². The monoisotopic (exact) mass is 290 g/mol. The minimum atomic E-state index is -0.332. The van der Waals surface area contributed by atoms with Crippen LogP contribution in [0.15, 0.2) is 34.9 Å². The molecule has 0 radical (unpaired) electrons. The van der Waals surface area contributed by atoms with E-state index in [1.807, 2.05) is 25.3 Å². The maximum Gasteiger partial charge on any atom is 0.374 e. The van der Waals surface area contributed by atoms with Crippen molar-refractivity contribution in [2.24, 2.45) is 5.92 Å². The van der Waals surface area contributed by atoms with Crippen LogP contribution in [0, 0.1) is 5.92 Å². The Morgan fingerprint density at radius 1 is 1.30 bits per heavy atom. The van der Waals surface area contributed by atoms with Gasteiger partial charge in [-0.2, -0.15) is 0 Å². The van der Waals surface area contributed by atoms with Crippen LogP contribution in [0.3, 0.4) is 0 Å². The van der Waals surface area contributed by atoms with Gasteiger partial charge in [0, 0.05) is 10.5 Å². The van der Waals surface area contributed by atoms with Gasteiger partial charge in [-0.3, -0.25) is 0 Å². The quantitative estimate of drug-likeness (QED) is 0.614. The van der Waals surface area contributed by atoms with E-state index in [-0.39, 0.29) is 12.1 Å². The Bertz CT molecular complexity index is 543. The lowest BCUT2D eigenvalue weighted by Gasteiger charge is -2.14. The molecule has 0 aromatic heterocycles. The fraction of sp³-hybridized carbons (Fsp3) is 0.438. The molecule has 1 fully saturated rings. The summed E-state index contributed by atoms with van der Waals surface area (Å²) < 4.78 is 11.0. The van der Waals surface area contributed by atoms with Crippen molar-refractivity contribution in [3.8, 4) is 0 Å². The first-order chi connectivity index (χ1) is 9.69. The number of ether oxygens (including phenoxy) is 2. The van der Waals surface area contributed by atoms with Gasteiger partial charge in [-0.05, 0) is 49.6 Å². The maximum absolute atomic E-state index is 11.9. The minimum absolute atomic E-state index is 0.0936. The van der Waals surface area contributed by atoms with E-state index >= 15 is 0 Å². The lowest BCUT2D eigenvalue weighted by molar-refractivity contribution is -0.140. The van der Waals surface area contributed by atoms with Gasteiger partial charge in [0.2, 0.25) is 5.76 Å². The molecule has 4 heteroatoms. The molecule has 1 saturated carbocycles. The summed E-state index contributed by atoms with van der Waals surface area (Å²) in [7, 11) is 0. The van der Waals surface area contributed by atoms with Crippen molar-refractivity contribution in [1.29, 1.82) is 0 Å². The molecule has 0 saturated heterocycles. The summed E-state index contributed by atoms with van der Waals surface area (Å²) in [4.78, 5) is 13.1. The number of hydrogen-bond donors (Lipinski definition) is 0. The smallest absolute Gasteiger partial charge is 0.374 e. The number of carbonyl (C=O) groups excluding carboxylic acids is 1. The predicted octanol–water partition coefficient (Wildman–Crippen LogP) is 3.49. The van der Waals surface area contributed by atoms with Crippen LogP contribution >= 0.6 is 11.8 Å². The summed E-state index contributed by atoms with van der Waals surface area (Å²) >= 11 is 1.70. The van der Waals surface area contributed by atoms with Crippen LogP contribution in [0.4, 0.5) is 0 Å². The van der Waals surface area contributed by atoms with Crippen molar-refractivity contribution in [3.05, 3.63) is 35.6 Å². The van der Waals surface area contributed by atoms with Crippen LogP contribution in [0.2, 0.25) is 0 Å². The minimum Gasteiger partial charge on any atom is -0.483 e. The van der Waals surface area contributed by atoms with Crippen LogP contribution < -0.4 is 0 Å². The predicted molar refractivity (Wildman–Crippen MR) is 79.4 cm³/mol. The Balaban J connectivity index is 1.86. The number of carbonyl (C=O) groups is 1. The lowest BCUT2D eigenvalue weighted by Crippen LogP contribution is -2.14. The van der Waals surface area contributed by atoms with Crippen molar-refractivity contribution in [2.45, 2.75) is 30.8 Å². The van der Waals surface area contributed by atoms with E-state index in [9.17, 15) is 4.79 Å². The highest BCUT2D eigenvalue weighted by Crippen LogP contribution is 2.37. The van der Waals surface area contributed by atoms with Gasteiger partial charge in [-0.25, -0.2) is 4.79 Å². The molecule has 1 aromatic rings. The number of benzene rings is 1. The largest absolute Gasteiger partial charge is 0.483 e. The van der Waals surface area contributed by atoms with Gasteiger partial charge >= 0.3 is 5.97 Å². The van der Waals surface area contributed by atoms with E-state index in [1.165, 1.54) is 17.7 Å². The Morgan fingerprint density at radius 3 is 2.60 bits per heavy atom. The number of cyclic esters (lactones) is 1. The van der Waals surface area contributed by atoms with Crippen LogP contribution in [-0.2, 0) is 14.3 Å². The van der Waals surface area contributed by atoms with Gasteiger partial charge in [0.05, 0.1) is 6.10 Å². The molecule has 0 bridgehead atoms. The number of rotatable bonds is 5. The Morgan fingerprint density at radius 2 is 2.00 bits per heavy atom. The van der Waals surface area contributed by atoms with Crippen LogP contribution in [0.5, 0.6) is 0 Å². The average Bonchev–Trinajstić information content (AvgIpc) is 3.26. The van der Waals surface area contributed by atoms with Gasteiger partial charge in [-0.1, -0.05) is 12.1 Å². The van der Waals surface area contributed by atoms with Gasteiger partial charge in [0.15, 0.2) is 0 Å². The van der Waals surface area contributed by atoms with Crippen molar-refractivity contribution >= 4 is 23.3 Å². The fourth-order valence-electron chi connectivity index (χ4n) is 2.37. The molecule has 1 aliphatic heterocycles. The summed E-state index contributed by atoms with van der Waals surface area (Å²) in [5.41, 5.74) is 1.88. The SMILES string of the molecule is CSc1ccc(C2=C(OC(C)C3CC3)C(=O)OC2)cc1. The van der Waals surface area contributed by atoms with Crippen molar-refractivity contribution in [2.75, 3.05) is 12.9 Å². The van der Waals surface area contributed by atoms with Gasteiger partial charge in [0.25, 0.3) is 0 Å². The molecule has 1 heterocycles. The highest BCUT2D eigenvalue weighted by atomic mass is 32.2. The molecule has 1 unspecified atom stereocenters. The van der Waals surface area contributed by atoms with Crippen molar-refractivity contribution in [1.82, 2.24) is 0 Å². The molecular formula is C16H18O3S. The molecule has 0 spiro atoms. The second kappa shape index (κ2) is 5.52. The lowest BCUT2D eigenvalue weighted by atomic mass is 10.1. The van der Waals surface area contributed by atoms with Gasteiger partial charge in [-0.15, -0.1) is 11.8 Å². The average molecular weight is 290 g/mol. The molecule has 1 aliphatic carbocycles. The standard InChI is InChI=1S/C16H18O3S/c1-10(11-3-4-11)19-15-14(9-18-16(15)17)12-5-7-13(20-2)8-6-12/h5-8,10-11H,3-4,9H2,1-2H3. The summed E-state index contributed by atoms with van der Waals surface area (Å²) in [6.45, 7) is 2.34. The topological polar surface area (TPSA) is 35.5 Å². The van der Waals surface area contributed by atoms with E-state index in [0.29, 0.717) is 18.3 Å². The van der Waals surface area contributed by atoms with Crippen molar-refractivity contribution in [3.63, 3.8) is 0 Å². The zero-order valence-corrected chi connectivity index (χ0v) is 12.5. The van der Waals surface area contributed by atoms with E-state index in [4.69, 9.17) is 9.47 Å². The molecule has 0 amide bonds. The first kappa shape index (κ1) is 13.6. The van der Waals surface area contributed by atoms with Gasteiger partial charge < -0.3 is 9.47 Å². The first-order valence-corrected chi connectivity index (χ1v) is 8.13. The summed E-state index contributed by atoms with van der Waals surface area (Å²) in [6, 6.07) is 8.15. The zero-order valence-electron chi connectivity index (χ0n) is 11.7. The molecule has 1 aromatic carbocycles. The molecule has 3 nitrogen and oxygen atoms in total. The summed E-state index contributed by atoms with van der Waals surface area (Å²) in [6.07, 6.45) is 4.53. The fourth-order valence-corrected chi connectivity index (χ4v) is 2.77. The molecule has 20 heavy (non-hydrogen) atoms. The Hall–Kier alpha value is -1.42. The van der Waals surface area contributed by atoms with Crippen LogP contribution in [-0.4, -0.2) is 24.9 Å². The third-order valence-electron chi connectivity index (χ3n) is 3.84. The van der Waals surface area contributed by atoms with E-state index < -0.39 is 0 Å². The second-order valence-electron chi connectivity index (χ2n) is 5.27. The Kier molecular flexibility index (Phi) is 3.74. The van der Waals surface area contributed by atoms with Crippen LogP contribution in [0.1, 0.15) is 25.3 Å². The van der Waals surface area contributed by atoms with E-state index in [2.05, 4.69) is 12.1 Å². The zero-order chi connectivity index (χ0) is 14.1. The normalized spacial score (nSPS) is 20.0. The number of esters is 1. The third kappa shape index (κ3) is 2.70. The summed E-state index contributed by atoms with van der Waals surface area (Å²) in [5, 5.41) is 0. The highest BCUT2D eigenvalue weighted by Gasteiger charge is 2.34. The Labute approximate surface area is 123 Å². The number of thioether (sulfide) groups is 1. The molecule has 1 atom stereocenters. The van der Waals surface area contributed by atoms with E-state index in [0.717, 1.165) is 11.1 Å². The first-order valence-electron chi connectivity index (χ1n) is 6.90. The highest BCUT2D eigenvalue weighted by molar-refractivity contribution is 7.98.